The number of thiocarbonyl (C=S) groups is 1. The van der Waals surface area contributed by atoms with E-state index in [0.29, 0.717) is 31.3 Å². The highest BCUT2D eigenvalue weighted by atomic mass is 35.5. The van der Waals surface area contributed by atoms with E-state index in [-0.39, 0.29) is 18.1 Å². The Kier molecular flexibility index (Phi) is 6.50. The fourth-order valence-corrected chi connectivity index (χ4v) is 4.62. The van der Waals surface area contributed by atoms with E-state index in [4.69, 9.17) is 33.0 Å². The van der Waals surface area contributed by atoms with Crippen LogP contribution in [0.2, 0.25) is 5.02 Å². The highest BCUT2D eigenvalue weighted by Gasteiger charge is 2.33. The standard InChI is InChI=1S/C24H18ClNO4S2/c1-3-29-23(28)18-12-15(6-10-19(18)25)20-11-9-17(30-20)13-21-22(27)26(24(31)32-21)16-7-4-14(2)5-8-16/h4-13H,3H2,1-2H3/b21-13-. The van der Waals surface area contributed by atoms with Crippen LogP contribution in [-0.4, -0.2) is 22.8 Å². The number of hydrogen-bond acceptors (Lipinski definition) is 6. The van der Waals surface area contributed by atoms with Crippen molar-refractivity contribution in [2.45, 2.75) is 13.8 Å². The summed E-state index contributed by atoms with van der Waals surface area (Å²) in [4.78, 5) is 27.0. The lowest BCUT2D eigenvalue weighted by atomic mass is 10.1. The summed E-state index contributed by atoms with van der Waals surface area (Å²) in [5.41, 5.74) is 2.77. The minimum Gasteiger partial charge on any atom is -0.462 e. The molecule has 1 aromatic heterocycles. The lowest BCUT2D eigenvalue weighted by Crippen LogP contribution is -2.27. The van der Waals surface area contributed by atoms with Crippen molar-refractivity contribution in [2.75, 3.05) is 11.5 Å². The first kappa shape index (κ1) is 22.3. The molecule has 5 nitrogen and oxygen atoms in total. The molecule has 0 atom stereocenters. The van der Waals surface area contributed by atoms with Gasteiger partial charge in [0, 0.05) is 11.6 Å². The van der Waals surface area contributed by atoms with Crippen molar-refractivity contribution in [2.24, 2.45) is 0 Å². The summed E-state index contributed by atoms with van der Waals surface area (Å²) in [5, 5.41) is 0.304. The van der Waals surface area contributed by atoms with Gasteiger partial charge in [0.05, 0.1) is 27.8 Å². The number of rotatable bonds is 5. The fourth-order valence-electron chi connectivity index (χ4n) is 3.14. The third-order valence-electron chi connectivity index (χ3n) is 4.73. The van der Waals surface area contributed by atoms with Crippen LogP contribution in [-0.2, 0) is 9.53 Å². The van der Waals surface area contributed by atoms with E-state index in [1.807, 2.05) is 31.2 Å². The average molecular weight is 484 g/mol. The molecule has 0 radical (unpaired) electrons. The van der Waals surface area contributed by atoms with Gasteiger partial charge in [0.1, 0.15) is 11.5 Å². The molecule has 4 rings (SSSR count). The zero-order valence-electron chi connectivity index (χ0n) is 17.3. The number of esters is 1. The van der Waals surface area contributed by atoms with Gasteiger partial charge >= 0.3 is 5.97 Å². The number of carbonyl (C=O) groups excluding carboxylic acids is 2. The number of amides is 1. The number of aryl methyl sites for hydroxylation is 1. The minimum absolute atomic E-state index is 0.196. The molecule has 32 heavy (non-hydrogen) atoms. The Balaban J connectivity index is 1.59. The van der Waals surface area contributed by atoms with Crippen LogP contribution in [0, 0.1) is 6.92 Å². The predicted octanol–water partition coefficient (Wildman–Crippen LogP) is 6.49. The summed E-state index contributed by atoms with van der Waals surface area (Å²) in [6.07, 6.45) is 1.67. The van der Waals surface area contributed by atoms with Crippen LogP contribution >= 0.6 is 35.6 Å². The second-order valence-electron chi connectivity index (χ2n) is 6.97. The molecule has 1 amide bonds. The molecular formula is C24H18ClNO4S2. The van der Waals surface area contributed by atoms with Crippen molar-refractivity contribution in [3.8, 4) is 11.3 Å². The van der Waals surface area contributed by atoms with Crippen molar-refractivity contribution in [3.63, 3.8) is 0 Å². The SMILES string of the molecule is CCOC(=O)c1cc(-c2ccc(/C=C3\SC(=S)N(c4ccc(C)cc4)C3=O)o2)ccc1Cl. The third kappa shape index (κ3) is 4.50. The van der Waals surface area contributed by atoms with E-state index in [9.17, 15) is 9.59 Å². The Labute approximate surface area is 200 Å². The molecule has 0 bridgehead atoms. The van der Waals surface area contributed by atoms with Gasteiger partial charge < -0.3 is 9.15 Å². The first-order chi connectivity index (χ1) is 15.4. The smallest absolute Gasteiger partial charge is 0.339 e. The molecule has 0 saturated carbocycles. The van der Waals surface area contributed by atoms with Gasteiger partial charge in [0.2, 0.25) is 0 Å². The fraction of sp³-hybridized carbons (Fsp3) is 0.125. The number of ether oxygens (including phenoxy) is 1. The van der Waals surface area contributed by atoms with E-state index in [1.165, 1.54) is 16.7 Å². The van der Waals surface area contributed by atoms with Gasteiger partial charge in [-0.3, -0.25) is 9.69 Å². The second-order valence-corrected chi connectivity index (χ2v) is 9.05. The van der Waals surface area contributed by atoms with Crippen LogP contribution < -0.4 is 4.90 Å². The number of anilines is 1. The lowest BCUT2D eigenvalue weighted by Gasteiger charge is -2.14. The number of halogens is 1. The average Bonchev–Trinajstić information content (AvgIpc) is 3.34. The number of thioether (sulfide) groups is 1. The highest BCUT2D eigenvalue weighted by Crippen LogP contribution is 2.37. The first-order valence-electron chi connectivity index (χ1n) is 9.79. The minimum atomic E-state index is -0.495. The summed E-state index contributed by atoms with van der Waals surface area (Å²) >= 11 is 12.8. The Morgan fingerprint density at radius 1 is 1.19 bits per heavy atom. The monoisotopic (exact) mass is 483 g/mol. The molecule has 2 aromatic carbocycles. The molecule has 8 heteroatoms. The first-order valence-corrected chi connectivity index (χ1v) is 11.4. The maximum absolute atomic E-state index is 12.9. The summed E-state index contributed by atoms with van der Waals surface area (Å²) in [6, 6.07) is 16.1. The van der Waals surface area contributed by atoms with E-state index >= 15 is 0 Å². The maximum Gasteiger partial charge on any atom is 0.339 e. The van der Waals surface area contributed by atoms with Crippen molar-refractivity contribution in [1.82, 2.24) is 0 Å². The van der Waals surface area contributed by atoms with E-state index in [1.54, 1.807) is 43.3 Å². The summed E-state index contributed by atoms with van der Waals surface area (Å²) < 4.78 is 11.4. The second kappa shape index (κ2) is 9.32. The van der Waals surface area contributed by atoms with Crippen LogP contribution in [0.3, 0.4) is 0 Å². The zero-order valence-corrected chi connectivity index (χ0v) is 19.6. The van der Waals surface area contributed by atoms with Crippen molar-refractivity contribution >= 4 is 63.5 Å². The summed E-state index contributed by atoms with van der Waals surface area (Å²) in [6.45, 7) is 3.97. The van der Waals surface area contributed by atoms with Crippen molar-refractivity contribution in [3.05, 3.63) is 81.4 Å². The number of nitrogens with zero attached hydrogens (tertiary/aromatic N) is 1. The Hall–Kier alpha value is -2.87. The summed E-state index contributed by atoms with van der Waals surface area (Å²) in [5.74, 6) is 0.341. The van der Waals surface area contributed by atoms with Crippen molar-refractivity contribution < 1.29 is 18.7 Å². The normalized spacial score (nSPS) is 15.0. The van der Waals surface area contributed by atoms with Gasteiger partial charge in [0.15, 0.2) is 4.32 Å². The van der Waals surface area contributed by atoms with Crippen LogP contribution in [0.5, 0.6) is 0 Å². The topological polar surface area (TPSA) is 59.8 Å². The van der Waals surface area contributed by atoms with Gasteiger partial charge in [0.25, 0.3) is 5.91 Å². The number of hydrogen-bond donors (Lipinski definition) is 0. The van der Waals surface area contributed by atoms with Crippen LogP contribution in [0.25, 0.3) is 17.4 Å². The Morgan fingerprint density at radius 2 is 1.94 bits per heavy atom. The molecule has 3 aromatic rings. The molecule has 162 valence electrons. The van der Waals surface area contributed by atoms with E-state index in [0.717, 1.165) is 11.3 Å². The van der Waals surface area contributed by atoms with E-state index < -0.39 is 5.97 Å². The molecule has 0 N–H and O–H groups in total. The predicted molar refractivity (Wildman–Crippen MR) is 132 cm³/mol. The quantitative estimate of drug-likeness (QED) is 0.235. The third-order valence-corrected chi connectivity index (χ3v) is 6.36. The Morgan fingerprint density at radius 3 is 2.66 bits per heavy atom. The van der Waals surface area contributed by atoms with Crippen LogP contribution in [0.4, 0.5) is 5.69 Å². The van der Waals surface area contributed by atoms with E-state index in [2.05, 4.69) is 0 Å². The summed E-state index contributed by atoms with van der Waals surface area (Å²) in [7, 11) is 0. The van der Waals surface area contributed by atoms with Crippen LogP contribution in [0.1, 0.15) is 28.6 Å². The number of furan rings is 1. The molecule has 0 spiro atoms. The van der Waals surface area contributed by atoms with Gasteiger partial charge in [-0.15, -0.1) is 0 Å². The molecule has 0 aliphatic carbocycles. The highest BCUT2D eigenvalue weighted by molar-refractivity contribution is 8.27. The molecule has 1 aliphatic heterocycles. The van der Waals surface area contributed by atoms with Crippen molar-refractivity contribution in [1.29, 1.82) is 0 Å². The largest absolute Gasteiger partial charge is 0.462 e. The van der Waals surface area contributed by atoms with Gasteiger partial charge in [-0.2, -0.15) is 0 Å². The van der Waals surface area contributed by atoms with Gasteiger partial charge in [-0.05, 0) is 56.3 Å². The molecule has 0 unspecified atom stereocenters. The maximum atomic E-state index is 12.9. The Bertz CT molecular complexity index is 1250. The lowest BCUT2D eigenvalue weighted by molar-refractivity contribution is -0.113. The molecule has 2 heterocycles. The van der Waals surface area contributed by atoms with Gasteiger partial charge in [-0.25, -0.2) is 4.79 Å². The molecular weight excluding hydrogens is 466 g/mol. The number of benzene rings is 2. The number of carbonyl (C=O) groups is 2. The molecule has 1 fully saturated rings. The zero-order chi connectivity index (χ0) is 22.8. The van der Waals surface area contributed by atoms with Gasteiger partial charge in [-0.1, -0.05) is 53.3 Å². The van der Waals surface area contributed by atoms with Crippen LogP contribution in [0.15, 0.2) is 63.9 Å². The molecule has 1 saturated heterocycles. The molecule has 1 aliphatic rings.